The molecule has 4 saturated carbocycles. The van der Waals surface area contributed by atoms with E-state index in [1.165, 1.54) is 62.7 Å². The van der Waals surface area contributed by atoms with Crippen molar-refractivity contribution in [3.8, 4) is 11.5 Å². The summed E-state index contributed by atoms with van der Waals surface area (Å²) in [6, 6.07) is 37.0. The summed E-state index contributed by atoms with van der Waals surface area (Å²) in [5.41, 5.74) is 3.16. The predicted octanol–water partition coefficient (Wildman–Crippen LogP) is 9.19. The molecule has 0 radical (unpaired) electrons. The lowest BCUT2D eigenvalue weighted by molar-refractivity contribution is -0.147. The largest absolute Gasteiger partial charge is 0.489 e. The zero-order chi connectivity index (χ0) is 38.0. The molecule has 2 saturated heterocycles. The Kier molecular flexibility index (Phi) is 11.3. The molecule has 6 aliphatic rings. The number of fused-ring (bicyclic) bond motifs is 4. The molecule has 6 nitrogen and oxygen atoms in total. The molecule has 0 aromatic heterocycles. The first-order valence-electron chi connectivity index (χ1n) is 21.9. The molecular weight excluding hydrogens is 693 g/mol. The van der Waals surface area contributed by atoms with Crippen LogP contribution in [0, 0.1) is 35.5 Å². The summed E-state index contributed by atoms with van der Waals surface area (Å²) in [7, 11) is 0. The van der Waals surface area contributed by atoms with Crippen LogP contribution in [-0.4, -0.2) is 59.3 Å². The van der Waals surface area contributed by atoms with Crippen molar-refractivity contribution in [2.24, 2.45) is 35.5 Å². The summed E-state index contributed by atoms with van der Waals surface area (Å²) in [5.74, 6) is 5.01. The predicted molar refractivity (Wildman–Crippen MR) is 222 cm³/mol. The molecule has 4 aliphatic carbocycles. The molecule has 10 rings (SSSR count). The SMILES string of the molecule is OC1(c2ccc(OCc3ccccc3)cc2)C2CCCC1CN(CC1CC1)C2.OC1(c2ccc(OCc3ccccc3)cc2)C2CCCC1CN(CC1CC1)C2. The van der Waals surface area contributed by atoms with Gasteiger partial charge in [0.1, 0.15) is 24.7 Å². The second-order valence-electron chi connectivity index (χ2n) is 18.2. The monoisotopic (exact) mass is 754 g/mol. The van der Waals surface area contributed by atoms with Gasteiger partial charge in [-0.2, -0.15) is 0 Å². The summed E-state index contributed by atoms with van der Waals surface area (Å²) in [6.07, 6.45) is 12.7. The van der Waals surface area contributed by atoms with Gasteiger partial charge in [0.25, 0.3) is 0 Å². The molecule has 4 aromatic rings. The van der Waals surface area contributed by atoms with E-state index >= 15 is 0 Å². The van der Waals surface area contributed by atoms with Gasteiger partial charge in [0.05, 0.1) is 11.2 Å². The van der Waals surface area contributed by atoms with E-state index in [1.54, 1.807) is 0 Å². The molecule has 296 valence electrons. The van der Waals surface area contributed by atoms with E-state index in [-0.39, 0.29) is 0 Å². The van der Waals surface area contributed by atoms with E-state index in [4.69, 9.17) is 9.47 Å². The Bertz CT molecular complexity index is 1680. The van der Waals surface area contributed by atoms with Crippen molar-refractivity contribution in [3.63, 3.8) is 0 Å². The first kappa shape index (κ1) is 37.9. The summed E-state index contributed by atoms with van der Waals surface area (Å²) >= 11 is 0. The Labute approximate surface area is 334 Å². The van der Waals surface area contributed by atoms with Gasteiger partial charge in [0.2, 0.25) is 0 Å². The van der Waals surface area contributed by atoms with Crippen LogP contribution in [-0.2, 0) is 24.4 Å². The normalized spacial score (nSPS) is 30.2. The Morgan fingerprint density at radius 3 is 1.11 bits per heavy atom. The summed E-state index contributed by atoms with van der Waals surface area (Å²) in [4.78, 5) is 5.27. The number of benzene rings is 4. The highest BCUT2D eigenvalue weighted by atomic mass is 16.5. The van der Waals surface area contributed by atoms with Crippen LogP contribution in [0.2, 0.25) is 0 Å². The zero-order valence-electron chi connectivity index (χ0n) is 33.2. The second-order valence-corrected chi connectivity index (χ2v) is 18.2. The van der Waals surface area contributed by atoms with Crippen LogP contribution in [0.4, 0.5) is 0 Å². The van der Waals surface area contributed by atoms with Gasteiger partial charge in [-0.15, -0.1) is 0 Å². The Morgan fingerprint density at radius 2 is 0.786 bits per heavy atom. The van der Waals surface area contributed by atoms with Crippen LogP contribution in [0.15, 0.2) is 109 Å². The highest BCUT2D eigenvalue weighted by molar-refractivity contribution is 5.35. The van der Waals surface area contributed by atoms with Gasteiger partial charge < -0.3 is 29.5 Å². The van der Waals surface area contributed by atoms with Gasteiger partial charge in [-0.1, -0.05) is 97.8 Å². The van der Waals surface area contributed by atoms with Gasteiger partial charge >= 0.3 is 0 Å². The zero-order valence-corrected chi connectivity index (χ0v) is 33.2. The smallest absolute Gasteiger partial charge is 0.119 e. The maximum atomic E-state index is 11.8. The van der Waals surface area contributed by atoms with Gasteiger partial charge in [-0.05, 0) is 110 Å². The molecule has 2 heterocycles. The molecule has 6 fully saturated rings. The minimum absolute atomic E-state index is 0.356. The van der Waals surface area contributed by atoms with Gasteiger partial charge in [0, 0.05) is 62.9 Å². The topological polar surface area (TPSA) is 65.4 Å². The van der Waals surface area contributed by atoms with E-state index in [9.17, 15) is 10.2 Å². The lowest BCUT2D eigenvalue weighted by Gasteiger charge is -2.53. The fourth-order valence-electron chi connectivity index (χ4n) is 10.8. The minimum Gasteiger partial charge on any atom is -0.489 e. The number of ether oxygens (including phenoxy) is 2. The van der Waals surface area contributed by atoms with Crippen molar-refractivity contribution < 1.29 is 19.7 Å². The molecule has 2 aliphatic heterocycles. The molecule has 6 heteroatoms. The fraction of sp³-hybridized carbons (Fsp3) is 0.520. The van der Waals surface area contributed by atoms with Crippen LogP contribution in [0.1, 0.15) is 86.5 Å². The second kappa shape index (κ2) is 16.7. The summed E-state index contributed by atoms with van der Waals surface area (Å²) < 4.78 is 11.9. The third-order valence-corrected chi connectivity index (χ3v) is 14.2. The number of hydrogen-bond acceptors (Lipinski definition) is 6. The van der Waals surface area contributed by atoms with Crippen molar-refractivity contribution in [2.75, 3.05) is 39.3 Å². The average Bonchev–Trinajstić information content (AvgIpc) is 4.17. The Hall–Kier alpha value is -3.68. The Balaban J connectivity index is 0.000000146. The van der Waals surface area contributed by atoms with Gasteiger partial charge in [-0.3, -0.25) is 0 Å². The first-order chi connectivity index (χ1) is 27.4. The van der Waals surface area contributed by atoms with Gasteiger partial charge in [0.15, 0.2) is 0 Å². The molecule has 4 bridgehead atoms. The van der Waals surface area contributed by atoms with Crippen molar-refractivity contribution in [3.05, 3.63) is 131 Å². The van der Waals surface area contributed by atoms with Crippen molar-refractivity contribution >= 4 is 0 Å². The number of nitrogens with zero attached hydrogens (tertiary/aromatic N) is 2. The molecule has 4 unspecified atom stereocenters. The summed E-state index contributed by atoms with van der Waals surface area (Å²) in [6.45, 7) is 7.85. The van der Waals surface area contributed by atoms with Crippen molar-refractivity contribution in [1.29, 1.82) is 0 Å². The summed E-state index contributed by atoms with van der Waals surface area (Å²) in [5, 5.41) is 23.6. The van der Waals surface area contributed by atoms with Crippen LogP contribution < -0.4 is 9.47 Å². The quantitative estimate of drug-likeness (QED) is 0.151. The molecule has 2 N–H and O–H groups in total. The highest BCUT2D eigenvalue weighted by Crippen LogP contribution is 2.51. The number of piperidine rings is 2. The standard InChI is InChI=1S/2C25H31NO2/c2*27-25(22-7-4-8-23(25)17-26(16-22)15-19-9-10-19)21-11-13-24(14-12-21)28-18-20-5-2-1-3-6-20/h2*1-3,5-6,11-14,19,22-23,27H,4,7-10,15-18H2. The van der Waals surface area contributed by atoms with E-state index < -0.39 is 11.2 Å². The van der Waals surface area contributed by atoms with Crippen LogP contribution in [0.5, 0.6) is 11.5 Å². The average molecular weight is 755 g/mol. The van der Waals surface area contributed by atoms with E-state index in [0.717, 1.165) is 86.3 Å². The molecule has 56 heavy (non-hydrogen) atoms. The first-order valence-corrected chi connectivity index (χ1v) is 21.9. The number of likely N-dealkylation sites (tertiary alicyclic amines) is 2. The van der Waals surface area contributed by atoms with Crippen molar-refractivity contribution in [1.82, 2.24) is 9.80 Å². The van der Waals surface area contributed by atoms with Crippen LogP contribution in [0.3, 0.4) is 0 Å². The lowest BCUT2D eigenvalue weighted by Crippen LogP contribution is -2.58. The minimum atomic E-state index is -0.670. The van der Waals surface area contributed by atoms with Gasteiger partial charge in [-0.25, -0.2) is 0 Å². The Morgan fingerprint density at radius 1 is 0.446 bits per heavy atom. The third-order valence-electron chi connectivity index (χ3n) is 14.2. The molecule has 0 spiro atoms. The molecule has 4 aromatic carbocycles. The third kappa shape index (κ3) is 8.45. The van der Waals surface area contributed by atoms with E-state index in [0.29, 0.717) is 36.9 Å². The van der Waals surface area contributed by atoms with Crippen LogP contribution in [0.25, 0.3) is 0 Å². The maximum absolute atomic E-state index is 11.8. The van der Waals surface area contributed by atoms with Crippen LogP contribution >= 0.6 is 0 Å². The number of hydrogen-bond donors (Lipinski definition) is 2. The molecule has 4 atom stereocenters. The fourth-order valence-corrected chi connectivity index (χ4v) is 10.8. The number of rotatable bonds is 12. The van der Waals surface area contributed by atoms with Crippen molar-refractivity contribution in [2.45, 2.75) is 88.6 Å². The van der Waals surface area contributed by atoms with E-state index in [1.807, 2.05) is 60.7 Å². The lowest BCUT2D eigenvalue weighted by atomic mass is 9.62. The maximum Gasteiger partial charge on any atom is 0.119 e. The number of aliphatic hydroxyl groups is 2. The van der Waals surface area contributed by atoms with E-state index in [2.05, 4.69) is 58.3 Å². The highest BCUT2D eigenvalue weighted by Gasteiger charge is 2.53. The molecule has 0 amide bonds. The molecular formula is C50H62N2O4.